The van der Waals surface area contributed by atoms with Crippen molar-refractivity contribution in [3.63, 3.8) is 0 Å². The van der Waals surface area contributed by atoms with Crippen LogP contribution in [0.3, 0.4) is 0 Å². The molecule has 1 N–H and O–H groups in total. The van der Waals surface area contributed by atoms with Crippen molar-refractivity contribution in [2.75, 3.05) is 49.5 Å². The number of amides is 3. The van der Waals surface area contributed by atoms with Crippen molar-refractivity contribution in [2.24, 2.45) is 0 Å². The van der Waals surface area contributed by atoms with Gasteiger partial charge in [0.05, 0.1) is 18.3 Å². The molecule has 1 saturated heterocycles. The van der Waals surface area contributed by atoms with E-state index >= 15 is 0 Å². The van der Waals surface area contributed by atoms with Gasteiger partial charge < -0.3 is 19.9 Å². The first-order chi connectivity index (χ1) is 23.8. The summed E-state index contributed by atoms with van der Waals surface area (Å²) in [5, 5.41) is 3.27. The van der Waals surface area contributed by atoms with Gasteiger partial charge in [-0.2, -0.15) is 0 Å². The largest absolute Gasteiger partial charge is 0.494 e. The monoisotopic (exact) mass is 666 g/mol. The number of piperidine rings is 1. The zero-order valence-electron chi connectivity index (χ0n) is 30.5. The Kier molecular flexibility index (Phi) is 13.2. The Labute approximate surface area is 295 Å². The van der Waals surface area contributed by atoms with Gasteiger partial charge in [0.2, 0.25) is 5.91 Å². The highest BCUT2D eigenvalue weighted by atomic mass is 16.5. The van der Waals surface area contributed by atoms with Crippen LogP contribution in [0, 0.1) is 0 Å². The third-order valence-electron chi connectivity index (χ3n) is 10.0. The normalized spacial score (nSPS) is 16.7. The summed E-state index contributed by atoms with van der Waals surface area (Å²) in [6, 6.07) is 22.0. The number of anilines is 2. The van der Waals surface area contributed by atoms with E-state index in [1.54, 1.807) is 4.90 Å². The molecule has 0 aromatic heterocycles. The van der Waals surface area contributed by atoms with E-state index in [-0.39, 0.29) is 30.3 Å². The number of para-hydroxylation sites is 2. The van der Waals surface area contributed by atoms with Crippen molar-refractivity contribution in [2.45, 2.75) is 104 Å². The van der Waals surface area contributed by atoms with Gasteiger partial charge >= 0.3 is 6.03 Å². The summed E-state index contributed by atoms with van der Waals surface area (Å²) in [4.78, 5) is 34.8. The highest BCUT2D eigenvalue weighted by Gasteiger charge is 2.39. The number of nitrogens with zero attached hydrogens (tertiary/aromatic N) is 3. The van der Waals surface area contributed by atoms with Crippen molar-refractivity contribution in [3.05, 3.63) is 89.0 Å². The Hall–Kier alpha value is -3.84. The fourth-order valence-electron chi connectivity index (χ4n) is 7.40. The number of carbonyl (C=O) groups is 2. The van der Waals surface area contributed by atoms with Gasteiger partial charge in [-0.15, -0.1) is 0 Å². The zero-order chi connectivity index (χ0) is 34.8. The van der Waals surface area contributed by atoms with Gasteiger partial charge in [0.1, 0.15) is 12.3 Å². The molecule has 7 heteroatoms. The van der Waals surface area contributed by atoms with Crippen molar-refractivity contribution >= 4 is 23.3 Å². The maximum absolute atomic E-state index is 14.6. The van der Waals surface area contributed by atoms with E-state index in [4.69, 9.17) is 4.74 Å². The molecule has 1 unspecified atom stereocenters. The lowest BCUT2D eigenvalue weighted by Crippen LogP contribution is -2.52. The van der Waals surface area contributed by atoms with Crippen molar-refractivity contribution in [1.29, 1.82) is 0 Å². The fourth-order valence-corrected chi connectivity index (χ4v) is 7.40. The molecule has 3 aromatic carbocycles. The first-order valence-electron chi connectivity index (χ1n) is 18.8. The van der Waals surface area contributed by atoms with Crippen LogP contribution in [0.25, 0.3) is 0 Å². The molecule has 2 aliphatic rings. The molecule has 7 nitrogen and oxygen atoms in total. The van der Waals surface area contributed by atoms with Crippen LogP contribution in [-0.4, -0.2) is 61.1 Å². The lowest BCUT2D eigenvalue weighted by Gasteiger charge is -2.43. The summed E-state index contributed by atoms with van der Waals surface area (Å²) in [6.45, 7) is 15.4. The number of nitrogens with one attached hydrogen (secondary N) is 1. The molecule has 5 rings (SSSR count). The number of hydrogen-bond donors (Lipinski definition) is 1. The maximum Gasteiger partial charge on any atom is 0.325 e. The lowest BCUT2D eigenvalue weighted by atomic mass is 9.92. The maximum atomic E-state index is 14.6. The van der Waals surface area contributed by atoms with Gasteiger partial charge in [-0.1, -0.05) is 109 Å². The first-order valence-corrected chi connectivity index (χ1v) is 18.8. The van der Waals surface area contributed by atoms with Crippen LogP contribution in [0.4, 0.5) is 16.2 Å². The molecule has 2 aliphatic heterocycles. The third-order valence-corrected chi connectivity index (χ3v) is 10.0. The van der Waals surface area contributed by atoms with Crippen LogP contribution in [0.15, 0.2) is 66.7 Å². The number of rotatable bonds is 16. The average molecular weight is 667 g/mol. The Morgan fingerprint density at radius 3 is 2.27 bits per heavy atom. The van der Waals surface area contributed by atoms with E-state index in [1.807, 2.05) is 35.2 Å². The molecule has 3 aromatic rings. The van der Waals surface area contributed by atoms with E-state index in [0.29, 0.717) is 13.2 Å². The van der Waals surface area contributed by atoms with Crippen LogP contribution in [0.1, 0.15) is 126 Å². The minimum absolute atomic E-state index is 0.0613. The van der Waals surface area contributed by atoms with Crippen molar-refractivity contribution < 1.29 is 14.3 Å². The summed E-state index contributed by atoms with van der Waals surface area (Å²) in [5.74, 6) is 1.08. The van der Waals surface area contributed by atoms with Gasteiger partial charge in [0, 0.05) is 24.3 Å². The number of carbonyl (C=O) groups excluding carboxylic acids is 2. The number of unbranched alkanes of at least 4 members (excludes halogenated alkanes) is 3. The van der Waals surface area contributed by atoms with E-state index < -0.39 is 6.04 Å². The molecular weight excluding hydrogens is 608 g/mol. The SMILES string of the molecule is CCCCCCN1C(=O)N(CC(=O)Nc2c(C(C)C)cccc2C(C)C)C(c2cccc(OCCCN3CCCCC3)c2)c2ccccc21. The minimum Gasteiger partial charge on any atom is -0.494 e. The molecule has 0 radical (unpaired) electrons. The fraction of sp³-hybridized carbons (Fsp3) is 0.524. The Balaban J connectivity index is 1.43. The summed E-state index contributed by atoms with van der Waals surface area (Å²) >= 11 is 0. The van der Waals surface area contributed by atoms with Crippen LogP contribution in [0.2, 0.25) is 0 Å². The number of likely N-dealkylation sites (tertiary alicyclic amines) is 1. The minimum atomic E-state index is -0.428. The topological polar surface area (TPSA) is 65.1 Å². The smallest absolute Gasteiger partial charge is 0.325 e. The van der Waals surface area contributed by atoms with Crippen molar-refractivity contribution in [1.82, 2.24) is 9.80 Å². The van der Waals surface area contributed by atoms with E-state index in [9.17, 15) is 9.59 Å². The van der Waals surface area contributed by atoms with Gasteiger partial charge in [-0.25, -0.2) is 4.79 Å². The van der Waals surface area contributed by atoms with E-state index in [2.05, 4.69) is 81.2 Å². The summed E-state index contributed by atoms with van der Waals surface area (Å²) in [6.07, 6.45) is 9.14. The van der Waals surface area contributed by atoms with Gasteiger partial charge in [-0.05, 0) is 85.5 Å². The highest BCUT2D eigenvalue weighted by Crippen LogP contribution is 2.42. The van der Waals surface area contributed by atoms with Crippen molar-refractivity contribution in [3.8, 4) is 5.75 Å². The predicted octanol–water partition coefficient (Wildman–Crippen LogP) is 9.74. The van der Waals surface area contributed by atoms with Gasteiger partial charge in [0.25, 0.3) is 0 Å². The second-order valence-corrected chi connectivity index (χ2v) is 14.4. The number of ether oxygens (including phenoxy) is 1. The third kappa shape index (κ3) is 9.24. The molecule has 1 fully saturated rings. The van der Waals surface area contributed by atoms with Gasteiger partial charge in [-0.3, -0.25) is 9.69 Å². The number of hydrogen-bond acceptors (Lipinski definition) is 4. The number of fused-ring (bicyclic) bond motifs is 1. The Bertz CT molecular complexity index is 1500. The second-order valence-electron chi connectivity index (χ2n) is 14.4. The molecule has 3 amide bonds. The van der Waals surface area contributed by atoms with Crippen LogP contribution < -0.4 is 15.0 Å². The summed E-state index contributed by atoms with van der Waals surface area (Å²) < 4.78 is 6.29. The molecule has 49 heavy (non-hydrogen) atoms. The van der Waals surface area contributed by atoms with E-state index in [0.717, 1.165) is 78.0 Å². The number of urea groups is 1. The zero-order valence-corrected chi connectivity index (χ0v) is 30.5. The quantitative estimate of drug-likeness (QED) is 0.155. The Morgan fingerprint density at radius 2 is 1.55 bits per heavy atom. The second kappa shape index (κ2) is 17.7. The molecule has 2 heterocycles. The van der Waals surface area contributed by atoms with Crippen LogP contribution >= 0.6 is 0 Å². The summed E-state index contributed by atoms with van der Waals surface area (Å²) in [5.41, 5.74) is 5.97. The molecule has 0 spiro atoms. The molecular formula is C42H58N4O3. The molecule has 0 aliphatic carbocycles. The molecule has 264 valence electrons. The predicted molar refractivity (Wildman–Crippen MR) is 202 cm³/mol. The summed E-state index contributed by atoms with van der Waals surface area (Å²) in [7, 11) is 0. The first kappa shape index (κ1) is 36.4. The Morgan fingerprint density at radius 1 is 0.837 bits per heavy atom. The van der Waals surface area contributed by atoms with E-state index in [1.165, 1.54) is 32.4 Å². The van der Waals surface area contributed by atoms with Crippen LogP contribution in [-0.2, 0) is 4.79 Å². The molecule has 0 saturated carbocycles. The molecule has 1 atom stereocenters. The molecule has 0 bridgehead atoms. The van der Waals surface area contributed by atoms with Crippen LogP contribution in [0.5, 0.6) is 5.75 Å². The number of benzene rings is 3. The lowest BCUT2D eigenvalue weighted by molar-refractivity contribution is -0.117. The van der Waals surface area contributed by atoms with Gasteiger partial charge in [0.15, 0.2) is 0 Å². The standard InChI is InChI=1S/C42H58N4O3/c1-6-7-8-14-27-45-38-23-11-10-20-37(38)41(33-18-15-19-34(29-33)49-28-17-26-44-24-12-9-13-25-44)46(42(45)48)30-39(47)43-40-35(31(2)3)21-16-22-36(40)32(4)5/h10-11,15-16,18-23,29,31-32,41H,6-9,12-14,17,24-28,30H2,1-5H3,(H,43,47). The highest BCUT2D eigenvalue weighted by molar-refractivity contribution is 6.01. The average Bonchev–Trinajstić information content (AvgIpc) is 3.10.